The number of nitrogens with two attached hydrogens (primary N) is 1. The summed E-state index contributed by atoms with van der Waals surface area (Å²) in [5.74, 6) is 1.43. The molecule has 1 aromatic carbocycles. The van der Waals surface area contributed by atoms with Crippen LogP contribution in [-0.2, 0) is 11.2 Å². The van der Waals surface area contributed by atoms with Crippen molar-refractivity contribution in [3.8, 4) is 11.5 Å². The van der Waals surface area contributed by atoms with Crippen LogP contribution in [0.2, 0.25) is 0 Å². The highest BCUT2D eigenvalue weighted by molar-refractivity contribution is 5.79. The van der Waals surface area contributed by atoms with Gasteiger partial charge in [0.15, 0.2) is 11.5 Å². The SMILES string of the molecule is COc1ccc2c(c1OC)CCN1C[C@H](N3C[C@@H](CF)CC3=O)[C@@H](N)C[C@@H]21. The van der Waals surface area contributed by atoms with E-state index in [0.29, 0.717) is 13.0 Å². The molecule has 1 amide bonds. The van der Waals surface area contributed by atoms with Gasteiger partial charge in [-0.3, -0.25) is 14.1 Å². The topological polar surface area (TPSA) is 68.0 Å². The predicted molar refractivity (Wildman–Crippen MR) is 99.7 cm³/mol. The standard InChI is InChI=1S/C20H28FN3O3/c1-26-18-4-3-13-14(20(18)27-2)5-6-23-11-17(15(22)8-16(13)23)24-10-12(9-21)7-19(24)25/h3-4,12,15-17H,5-11,22H2,1-2H3/t12-,15+,16+,17+/m1/s1. The molecule has 3 aliphatic rings. The molecule has 7 heteroatoms. The van der Waals surface area contributed by atoms with Gasteiger partial charge in [-0.25, -0.2) is 0 Å². The minimum absolute atomic E-state index is 0.0352. The molecule has 1 aromatic rings. The van der Waals surface area contributed by atoms with Crippen molar-refractivity contribution in [3.63, 3.8) is 0 Å². The number of hydrogen-bond acceptors (Lipinski definition) is 5. The van der Waals surface area contributed by atoms with E-state index in [9.17, 15) is 9.18 Å². The third-order valence-electron chi connectivity index (χ3n) is 6.40. The first-order valence-electron chi connectivity index (χ1n) is 9.66. The van der Waals surface area contributed by atoms with E-state index in [2.05, 4.69) is 11.0 Å². The number of hydrogen-bond donors (Lipinski definition) is 1. The predicted octanol–water partition coefficient (Wildman–Crippen LogP) is 1.52. The van der Waals surface area contributed by atoms with Crippen LogP contribution >= 0.6 is 0 Å². The Labute approximate surface area is 159 Å². The first-order chi connectivity index (χ1) is 13.1. The summed E-state index contributed by atoms with van der Waals surface area (Å²) in [6.07, 6.45) is 1.95. The summed E-state index contributed by atoms with van der Waals surface area (Å²) >= 11 is 0. The number of amides is 1. The number of piperidine rings is 1. The van der Waals surface area contributed by atoms with Crippen LogP contribution in [0.5, 0.6) is 11.5 Å². The van der Waals surface area contributed by atoms with Gasteiger partial charge in [-0.1, -0.05) is 6.07 Å². The maximum Gasteiger partial charge on any atom is 0.223 e. The van der Waals surface area contributed by atoms with E-state index in [-0.39, 0.29) is 30.0 Å². The van der Waals surface area contributed by atoms with Gasteiger partial charge >= 0.3 is 0 Å². The molecule has 0 bridgehead atoms. The van der Waals surface area contributed by atoms with Crippen molar-refractivity contribution in [1.82, 2.24) is 9.80 Å². The number of benzene rings is 1. The van der Waals surface area contributed by atoms with E-state index in [1.165, 1.54) is 11.1 Å². The van der Waals surface area contributed by atoms with Crippen LogP contribution < -0.4 is 15.2 Å². The Hall–Kier alpha value is -1.86. The van der Waals surface area contributed by atoms with Crippen LogP contribution in [0.25, 0.3) is 0 Å². The number of carbonyl (C=O) groups excluding carboxylic acids is 1. The summed E-state index contributed by atoms with van der Waals surface area (Å²) in [5.41, 5.74) is 8.96. The number of methoxy groups -OCH3 is 2. The van der Waals surface area contributed by atoms with Gasteiger partial charge in [-0.05, 0) is 24.5 Å². The number of nitrogens with zero attached hydrogens (tertiary/aromatic N) is 2. The summed E-state index contributed by atoms with van der Waals surface area (Å²) in [4.78, 5) is 16.6. The lowest BCUT2D eigenvalue weighted by Crippen LogP contribution is -2.60. The van der Waals surface area contributed by atoms with E-state index in [0.717, 1.165) is 37.4 Å². The molecule has 27 heavy (non-hydrogen) atoms. The number of likely N-dealkylation sites (tertiary alicyclic amines) is 1. The van der Waals surface area contributed by atoms with Gasteiger partial charge in [0, 0.05) is 49.6 Å². The maximum absolute atomic E-state index is 13.0. The largest absolute Gasteiger partial charge is 0.493 e. The van der Waals surface area contributed by atoms with Crippen molar-refractivity contribution in [2.24, 2.45) is 11.7 Å². The Morgan fingerprint density at radius 3 is 2.74 bits per heavy atom. The average Bonchev–Trinajstić information content (AvgIpc) is 3.06. The molecule has 2 N–H and O–H groups in total. The van der Waals surface area contributed by atoms with E-state index >= 15 is 0 Å². The fraction of sp³-hybridized carbons (Fsp3) is 0.650. The molecule has 3 heterocycles. The van der Waals surface area contributed by atoms with E-state index in [4.69, 9.17) is 15.2 Å². The molecule has 0 radical (unpaired) electrons. The Morgan fingerprint density at radius 1 is 1.26 bits per heavy atom. The summed E-state index contributed by atoms with van der Waals surface area (Å²) in [7, 11) is 3.33. The van der Waals surface area contributed by atoms with Crippen molar-refractivity contribution in [3.05, 3.63) is 23.3 Å². The molecule has 148 valence electrons. The lowest BCUT2D eigenvalue weighted by Gasteiger charge is -2.48. The minimum Gasteiger partial charge on any atom is -0.493 e. The zero-order valence-corrected chi connectivity index (χ0v) is 16.0. The van der Waals surface area contributed by atoms with Crippen molar-refractivity contribution in [1.29, 1.82) is 0 Å². The normalized spacial score (nSPS) is 30.8. The Balaban J connectivity index is 1.58. The van der Waals surface area contributed by atoms with Gasteiger partial charge in [0.2, 0.25) is 5.91 Å². The number of fused-ring (bicyclic) bond motifs is 3. The first-order valence-corrected chi connectivity index (χ1v) is 9.66. The third kappa shape index (κ3) is 3.06. The van der Waals surface area contributed by atoms with Gasteiger partial charge in [-0.2, -0.15) is 0 Å². The van der Waals surface area contributed by atoms with Crippen molar-refractivity contribution >= 4 is 5.91 Å². The summed E-state index contributed by atoms with van der Waals surface area (Å²) < 4.78 is 24.1. The molecule has 2 saturated heterocycles. The van der Waals surface area contributed by atoms with Crippen LogP contribution in [0.4, 0.5) is 4.39 Å². The van der Waals surface area contributed by atoms with Crippen LogP contribution in [0.1, 0.15) is 30.0 Å². The Kier molecular flexibility index (Phi) is 4.99. The fourth-order valence-corrected chi connectivity index (χ4v) is 5.03. The molecule has 4 atom stereocenters. The van der Waals surface area contributed by atoms with Gasteiger partial charge in [0.05, 0.1) is 26.9 Å². The quantitative estimate of drug-likeness (QED) is 0.862. The Morgan fingerprint density at radius 2 is 2.07 bits per heavy atom. The van der Waals surface area contributed by atoms with Crippen molar-refractivity contribution in [2.45, 2.75) is 37.4 Å². The second kappa shape index (κ2) is 7.28. The molecule has 0 aliphatic carbocycles. The van der Waals surface area contributed by atoms with Crippen LogP contribution in [0.15, 0.2) is 12.1 Å². The lowest BCUT2D eigenvalue weighted by atomic mass is 9.82. The molecule has 4 rings (SSSR count). The number of alkyl halides is 1. The van der Waals surface area contributed by atoms with E-state index in [1.807, 2.05) is 11.0 Å². The highest BCUT2D eigenvalue weighted by Crippen LogP contribution is 2.44. The van der Waals surface area contributed by atoms with Crippen molar-refractivity contribution < 1.29 is 18.7 Å². The molecule has 2 fully saturated rings. The smallest absolute Gasteiger partial charge is 0.223 e. The van der Waals surface area contributed by atoms with Crippen molar-refractivity contribution in [2.75, 3.05) is 40.5 Å². The summed E-state index contributed by atoms with van der Waals surface area (Å²) in [5, 5.41) is 0. The zero-order valence-electron chi connectivity index (χ0n) is 16.0. The lowest BCUT2D eigenvalue weighted by molar-refractivity contribution is -0.131. The maximum atomic E-state index is 13.0. The number of carbonyl (C=O) groups is 1. The molecule has 3 aliphatic heterocycles. The number of halogens is 1. The second-order valence-corrected chi connectivity index (χ2v) is 7.87. The molecule has 0 spiro atoms. The summed E-state index contributed by atoms with van der Waals surface area (Å²) in [6.45, 7) is 1.68. The van der Waals surface area contributed by atoms with Gasteiger partial charge in [0.1, 0.15) is 0 Å². The molecule has 0 saturated carbocycles. The van der Waals surface area contributed by atoms with Crippen LogP contribution in [0.3, 0.4) is 0 Å². The minimum atomic E-state index is -0.439. The van der Waals surface area contributed by atoms with Gasteiger partial charge in [0.25, 0.3) is 0 Å². The molecular formula is C20H28FN3O3. The molecule has 0 aromatic heterocycles. The highest BCUT2D eigenvalue weighted by Gasteiger charge is 2.44. The number of ether oxygens (including phenoxy) is 2. The molecular weight excluding hydrogens is 349 g/mol. The Bertz CT molecular complexity index is 729. The zero-order chi connectivity index (χ0) is 19.1. The number of rotatable bonds is 4. The second-order valence-electron chi connectivity index (χ2n) is 7.87. The van der Waals surface area contributed by atoms with Gasteiger partial charge < -0.3 is 20.1 Å². The average molecular weight is 377 g/mol. The van der Waals surface area contributed by atoms with E-state index < -0.39 is 6.67 Å². The van der Waals surface area contributed by atoms with Crippen LogP contribution in [-0.4, -0.2) is 68.3 Å². The highest BCUT2D eigenvalue weighted by atomic mass is 19.1. The molecule has 0 unspecified atom stereocenters. The molecule has 6 nitrogen and oxygen atoms in total. The monoisotopic (exact) mass is 377 g/mol. The van der Waals surface area contributed by atoms with E-state index in [1.54, 1.807) is 14.2 Å². The first kappa shape index (κ1) is 18.5. The van der Waals surface area contributed by atoms with Gasteiger partial charge in [-0.15, -0.1) is 0 Å². The fourth-order valence-electron chi connectivity index (χ4n) is 5.03. The van der Waals surface area contributed by atoms with Crippen LogP contribution in [0, 0.1) is 5.92 Å². The third-order valence-corrected chi connectivity index (χ3v) is 6.40. The summed E-state index contributed by atoms with van der Waals surface area (Å²) in [6, 6.07) is 4.13.